The van der Waals surface area contributed by atoms with Gasteiger partial charge in [-0.25, -0.2) is 4.98 Å². The molecule has 0 fully saturated rings. The summed E-state index contributed by atoms with van der Waals surface area (Å²) < 4.78 is 39.3. The Kier molecular flexibility index (Phi) is 3.95. The third kappa shape index (κ3) is 2.81. The number of hydrogen-bond donors (Lipinski definition) is 2. The third-order valence-electron chi connectivity index (χ3n) is 3.29. The highest BCUT2D eigenvalue weighted by molar-refractivity contribution is 5.75. The fraction of sp³-hybridized carbons (Fsp3) is 0.200. The van der Waals surface area contributed by atoms with Gasteiger partial charge in [-0.3, -0.25) is 0 Å². The summed E-state index contributed by atoms with van der Waals surface area (Å²) in [6.45, 7) is 1.65. The smallest absolute Gasteiger partial charge is 0.397 e. The molecule has 0 radical (unpaired) electrons. The molecule has 0 unspecified atom stereocenters. The van der Waals surface area contributed by atoms with Crippen molar-refractivity contribution in [3.63, 3.8) is 0 Å². The van der Waals surface area contributed by atoms with E-state index in [4.69, 9.17) is 16.7 Å². The highest BCUT2D eigenvalue weighted by Crippen LogP contribution is 2.35. The van der Waals surface area contributed by atoms with Gasteiger partial charge in [0.2, 0.25) is 0 Å². The van der Waals surface area contributed by atoms with Crippen LogP contribution in [-0.2, 0) is 12.6 Å². The number of rotatable bonds is 2. The van der Waals surface area contributed by atoms with Crippen molar-refractivity contribution in [1.29, 1.82) is 5.26 Å². The van der Waals surface area contributed by atoms with Crippen LogP contribution in [-0.4, -0.2) is 4.98 Å². The SMILES string of the molecule is CCc1ccc(-c2cc(N)c(N)c(C#N)n2)cc1C(F)(F)F. The van der Waals surface area contributed by atoms with Crippen molar-refractivity contribution in [2.45, 2.75) is 19.5 Å². The summed E-state index contributed by atoms with van der Waals surface area (Å²) in [5.41, 5.74) is 11.2. The summed E-state index contributed by atoms with van der Waals surface area (Å²) in [4.78, 5) is 3.97. The van der Waals surface area contributed by atoms with Crippen LogP contribution in [0.3, 0.4) is 0 Å². The molecule has 0 saturated carbocycles. The van der Waals surface area contributed by atoms with E-state index in [1.165, 1.54) is 18.2 Å². The molecule has 0 aliphatic carbocycles. The average molecular weight is 306 g/mol. The predicted octanol–water partition coefficient (Wildman–Crippen LogP) is 3.37. The van der Waals surface area contributed by atoms with E-state index in [1.54, 1.807) is 13.0 Å². The minimum absolute atomic E-state index is 0.0208. The lowest BCUT2D eigenvalue weighted by Crippen LogP contribution is -2.09. The zero-order valence-corrected chi connectivity index (χ0v) is 11.7. The summed E-state index contributed by atoms with van der Waals surface area (Å²) >= 11 is 0. The highest BCUT2D eigenvalue weighted by atomic mass is 19.4. The standard InChI is InChI=1S/C15H13F3N4/c1-2-8-3-4-9(5-10(8)15(16,17)18)12-6-11(20)14(21)13(7-19)22-12/h3-6H,2,21H2,1H3,(H2,20,22). The minimum atomic E-state index is -4.46. The van der Waals surface area contributed by atoms with Crippen molar-refractivity contribution in [3.8, 4) is 17.3 Å². The number of benzene rings is 1. The second-order valence-corrected chi connectivity index (χ2v) is 4.69. The molecule has 1 aromatic carbocycles. The van der Waals surface area contributed by atoms with Gasteiger partial charge >= 0.3 is 6.18 Å². The summed E-state index contributed by atoms with van der Waals surface area (Å²) in [6, 6.07) is 7.07. The average Bonchev–Trinajstić information content (AvgIpc) is 2.48. The fourth-order valence-corrected chi connectivity index (χ4v) is 2.12. The number of nitrogens with zero attached hydrogens (tertiary/aromatic N) is 2. The molecule has 0 spiro atoms. The maximum absolute atomic E-state index is 13.1. The Balaban J connectivity index is 2.64. The molecule has 4 N–H and O–H groups in total. The molecule has 7 heteroatoms. The first kappa shape index (κ1) is 15.6. The van der Waals surface area contributed by atoms with E-state index >= 15 is 0 Å². The summed E-state index contributed by atoms with van der Waals surface area (Å²) in [7, 11) is 0. The minimum Gasteiger partial charge on any atom is -0.397 e. The predicted molar refractivity (Wildman–Crippen MR) is 77.6 cm³/mol. The normalized spacial score (nSPS) is 11.2. The molecule has 0 atom stereocenters. The molecule has 0 aliphatic rings. The van der Waals surface area contributed by atoms with Gasteiger partial charge in [0.25, 0.3) is 0 Å². The maximum Gasteiger partial charge on any atom is 0.416 e. The van der Waals surface area contributed by atoms with E-state index in [0.717, 1.165) is 6.07 Å². The van der Waals surface area contributed by atoms with E-state index < -0.39 is 11.7 Å². The van der Waals surface area contributed by atoms with Gasteiger partial charge in [-0.1, -0.05) is 19.1 Å². The number of nitrogen functional groups attached to an aromatic ring is 2. The number of halogens is 3. The van der Waals surface area contributed by atoms with Gasteiger partial charge in [0.1, 0.15) is 6.07 Å². The second-order valence-electron chi connectivity index (χ2n) is 4.69. The van der Waals surface area contributed by atoms with Gasteiger partial charge < -0.3 is 11.5 Å². The topological polar surface area (TPSA) is 88.7 Å². The number of anilines is 2. The number of nitriles is 1. The number of nitrogens with two attached hydrogens (primary N) is 2. The quantitative estimate of drug-likeness (QED) is 0.890. The van der Waals surface area contributed by atoms with Crippen LogP contribution < -0.4 is 11.5 Å². The maximum atomic E-state index is 13.1. The summed E-state index contributed by atoms with van der Waals surface area (Å²) in [5.74, 6) is 0. The molecular weight excluding hydrogens is 293 g/mol. The van der Waals surface area contributed by atoms with Gasteiger partial charge in [-0.2, -0.15) is 18.4 Å². The van der Waals surface area contributed by atoms with Crippen LogP contribution in [0.5, 0.6) is 0 Å². The van der Waals surface area contributed by atoms with Crippen molar-refractivity contribution in [2.24, 2.45) is 0 Å². The Morgan fingerprint density at radius 2 is 1.91 bits per heavy atom. The fourth-order valence-electron chi connectivity index (χ4n) is 2.12. The number of pyridine rings is 1. The Bertz CT molecular complexity index is 761. The number of hydrogen-bond acceptors (Lipinski definition) is 4. The van der Waals surface area contributed by atoms with E-state index in [9.17, 15) is 13.2 Å². The van der Waals surface area contributed by atoms with Gasteiger partial charge in [-0.15, -0.1) is 0 Å². The Hall–Kier alpha value is -2.75. The zero-order chi connectivity index (χ0) is 16.5. The van der Waals surface area contributed by atoms with Crippen LogP contribution in [0.1, 0.15) is 23.7 Å². The number of alkyl halides is 3. The molecule has 114 valence electrons. The Morgan fingerprint density at radius 3 is 2.45 bits per heavy atom. The van der Waals surface area contributed by atoms with Gasteiger partial charge in [0, 0.05) is 5.56 Å². The first-order valence-electron chi connectivity index (χ1n) is 6.44. The van der Waals surface area contributed by atoms with Crippen LogP contribution in [0, 0.1) is 11.3 Å². The van der Waals surface area contributed by atoms with Gasteiger partial charge in [0.05, 0.1) is 22.6 Å². The molecule has 4 nitrogen and oxygen atoms in total. The van der Waals surface area contributed by atoms with E-state index in [-0.39, 0.29) is 40.3 Å². The van der Waals surface area contributed by atoms with E-state index in [2.05, 4.69) is 4.98 Å². The molecule has 2 aromatic rings. The van der Waals surface area contributed by atoms with Crippen LogP contribution in [0.25, 0.3) is 11.3 Å². The highest BCUT2D eigenvalue weighted by Gasteiger charge is 2.33. The van der Waals surface area contributed by atoms with Crippen LogP contribution >= 0.6 is 0 Å². The Morgan fingerprint density at radius 1 is 1.23 bits per heavy atom. The monoisotopic (exact) mass is 306 g/mol. The lowest BCUT2D eigenvalue weighted by molar-refractivity contribution is -0.138. The largest absolute Gasteiger partial charge is 0.416 e. The molecular formula is C15H13F3N4. The first-order valence-corrected chi connectivity index (χ1v) is 6.44. The Labute approximate surface area is 125 Å². The van der Waals surface area contributed by atoms with Crippen LogP contribution in [0.4, 0.5) is 24.5 Å². The van der Waals surface area contributed by atoms with Crippen molar-refractivity contribution < 1.29 is 13.2 Å². The zero-order valence-electron chi connectivity index (χ0n) is 11.7. The summed E-state index contributed by atoms with van der Waals surface area (Å²) in [6.07, 6.45) is -4.20. The van der Waals surface area contributed by atoms with Crippen molar-refractivity contribution >= 4 is 11.4 Å². The van der Waals surface area contributed by atoms with Crippen LogP contribution in [0.15, 0.2) is 24.3 Å². The molecule has 1 aromatic heterocycles. The van der Waals surface area contributed by atoms with Gasteiger partial charge in [0.15, 0.2) is 5.69 Å². The van der Waals surface area contributed by atoms with Crippen molar-refractivity contribution in [3.05, 3.63) is 41.1 Å². The molecule has 22 heavy (non-hydrogen) atoms. The van der Waals surface area contributed by atoms with E-state index in [0.29, 0.717) is 0 Å². The number of aryl methyl sites for hydroxylation is 1. The molecule has 0 saturated heterocycles. The first-order chi connectivity index (χ1) is 10.3. The molecule has 1 heterocycles. The second kappa shape index (κ2) is 5.56. The number of aromatic nitrogens is 1. The van der Waals surface area contributed by atoms with Crippen molar-refractivity contribution in [2.75, 3.05) is 11.5 Å². The molecule has 2 rings (SSSR count). The lowest BCUT2D eigenvalue weighted by atomic mass is 9.99. The van der Waals surface area contributed by atoms with Crippen LogP contribution in [0.2, 0.25) is 0 Å². The van der Waals surface area contributed by atoms with E-state index in [1.807, 2.05) is 0 Å². The molecule has 0 amide bonds. The molecule has 0 aliphatic heterocycles. The lowest BCUT2D eigenvalue weighted by Gasteiger charge is -2.14. The van der Waals surface area contributed by atoms with Crippen molar-refractivity contribution in [1.82, 2.24) is 4.98 Å². The van der Waals surface area contributed by atoms with Gasteiger partial charge in [-0.05, 0) is 24.1 Å². The summed E-state index contributed by atoms with van der Waals surface area (Å²) in [5, 5.41) is 8.95. The third-order valence-corrected chi connectivity index (χ3v) is 3.29. The molecule has 0 bridgehead atoms.